The smallest absolute Gasteiger partial charge is 0.120 e. The number of phenolic OH excluding ortho intramolecular Hbond substituents is 1. The second-order valence-corrected chi connectivity index (χ2v) is 5.88. The van der Waals surface area contributed by atoms with Crippen molar-refractivity contribution in [2.24, 2.45) is 11.1 Å². The van der Waals surface area contributed by atoms with Gasteiger partial charge in [0.2, 0.25) is 0 Å². The second kappa shape index (κ2) is 6.41. The molecule has 0 amide bonds. The number of benzene rings is 1. The lowest BCUT2D eigenvalue weighted by atomic mass is 9.93. The summed E-state index contributed by atoms with van der Waals surface area (Å²) in [6.45, 7) is 9.54. The molecule has 1 aromatic carbocycles. The molecule has 0 saturated carbocycles. The Hall–Kier alpha value is -0.770. The van der Waals surface area contributed by atoms with Crippen molar-refractivity contribution in [1.29, 1.82) is 0 Å². The fraction of sp³-hybridized carbons (Fsp3) is 0.571. The number of halogens is 1. The molecule has 0 aromatic heterocycles. The molecule has 0 spiro atoms. The highest BCUT2D eigenvalue weighted by Crippen LogP contribution is 2.24. The number of rotatable bonds is 6. The van der Waals surface area contributed by atoms with Crippen LogP contribution in [0.3, 0.4) is 0 Å². The maximum absolute atomic E-state index is 9.82. The number of nitrogens with two attached hydrogens (primary N) is 1. The fourth-order valence-electron chi connectivity index (χ4n) is 1.87. The predicted molar refractivity (Wildman–Crippen MR) is 76.9 cm³/mol. The van der Waals surface area contributed by atoms with Crippen LogP contribution in [0.5, 0.6) is 5.75 Å². The summed E-state index contributed by atoms with van der Waals surface area (Å²) in [5, 5.41) is 10.5. The highest BCUT2D eigenvalue weighted by atomic mass is 35.5. The number of nitrogens with zero attached hydrogens (tertiary/aromatic N) is 1. The van der Waals surface area contributed by atoms with Gasteiger partial charge in [-0.2, -0.15) is 0 Å². The SMILES string of the molecule is CCN(Cc1cc(Cl)ccc1O)CC(C)(C)CN. The first kappa shape index (κ1) is 15.3. The average Bonchev–Trinajstić information content (AvgIpc) is 2.32. The molecule has 0 fully saturated rings. The summed E-state index contributed by atoms with van der Waals surface area (Å²) in [4.78, 5) is 2.26. The molecule has 3 N–H and O–H groups in total. The van der Waals surface area contributed by atoms with Crippen molar-refractivity contribution < 1.29 is 5.11 Å². The van der Waals surface area contributed by atoms with Gasteiger partial charge >= 0.3 is 0 Å². The van der Waals surface area contributed by atoms with Crippen molar-refractivity contribution in [1.82, 2.24) is 4.90 Å². The summed E-state index contributed by atoms with van der Waals surface area (Å²) in [6.07, 6.45) is 0. The summed E-state index contributed by atoms with van der Waals surface area (Å²) in [7, 11) is 0. The van der Waals surface area contributed by atoms with Crippen LogP contribution in [-0.4, -0.2) is 29.6 Å². The zero-order valence-corrected chi connectivity index (χ0v) is 12.2. The Morgan fingerprint density at radius 3 is 2.61 bits per heavy atom. The molecule has 1 aromatic rings. The van der Waals surface area contributed by atoms with Gasteiger partial charge in [-0.25, -0.2) is 0 Å². The van der Waals surface area contributed by atoms with E-state index in [0.29, 0.717) is 23.9 Å². The van der Waals surface area contributed by atoms with Crippen molar-refractivity contribution in [3.05, 3.63) is 28.8 Å². The quantitative estimate of drug-likeness (QED) is 0.836. The van der Waals surface area contributed by atoms with E-state index in [9.17, 15) is 5.11 Å². The average molecular weight is 271 g/mol. The molecule has 0 aliphatic heterocycles. The molecule has 3 nitrogen and oxygen atoms in total. The minimum Gasteiger partial charge on any atom is -0.508 e. The van der Waals surface area contributed by atoms with Crippen molar-refractivity contribution in [3.8, 4) is 5.75 Å². The Morgan fingerprint density at radius 1 is 1.39 bits per heavy atom. The molecule has 0 atom stereocenters. The van der Waals surface area contributed by atoms with E-state index >= 15 is 0 Å². The number of phenols is 1. The molecule has 0 unspecified atom stereocenters. The van der Waals surface area contributed by atoms with E-state index in [2.05, 4.69) is 25.7 Å². The largest absolute Gasteiger partial charge is 0.508 e. The van der Waals surface area contributed by atoms with Gasteiger partial charge in [-0.3, -0.25) is 4.90 Å². The molecule has 0 aliphatic carbocycles. The van der Waals surface area contributed by atoms with Crippen LogP contribution in [0, 0.1) is 5.41 Å². The Kier molecular flexibility index (Phi) is 5.45. The number of hydrogen-bond donors (Lipinski definition) is 2. The topological polar surface area (TPSA) is 49.5 Å². The zero-order valence-electron chi connectivity index (χ0n) is 11.4. The van der Waals surface area contributed by atoms with E-state index in [1.54, 1.807) is 12.1 Å². The van der Waals surface area contributed by atoms with Crippen LogP contribution in [0.25, 0.3) is 0 Å². The number of aromatic hydroxyl groups is 1. The molecule has 0 aliphatic rings. The maximum Gasteiger partial charge on any atom is 0.120 e. The molecule has 0 saturated heterocycles. The molecular weight excluding hydrogens is 248 g/mol. The molecule has 0 radical (unpaired) electrons. The van der Waals surface area contributed by atoms with Crippen molar-refractivity contribution in [3.63, 3.8) is 0 Å². The van der Waals surface area contributed by atoms with Crippen molar-refractivity contribution in [2.45, 2.75) is 27.3 Å². The van der Waals surface area contributed by atoms with Gasteiger partial charge in [0.1, 0.15) is 5.75 Å². The maximum atomic E-state index is 9.82. The van der Waals surface area contributed by atoms with Crippen LogP contribution < -0.4 is 5.73 Å². The zero-order chi connectivity index (χ0) is 13.8. The monoisotopic (exact) mass is 270 g/mol. The lowest BCUT2D eigenvalue weighted by Gasteiger charge is -2.31. The van der Waals surface area contributed by atoms with E-state index < -0.39 is 0 Å². The van der Waals surface area contributed by atoms with E-state index in [4.69, 9.17) is 17.3 Å². The van der Waals surface area contributed by atoms with Gasteiger partial charge in [-0.05, 0) is 36.7 Å². The van der Waals surface area contributed by atoms with E-state index in [1.807, 2.05) is 6.07 Å². The molecule has 0 heterocycles. The third kappa shape index (κ3) is 4.48. The van der Waals surface area contributed by atoms with Crippen LogP contribution in [0.2, 0.25) is 5.02 Å². The first-order valence-corrected chi connectivity index (χ1v) is 6.65. The lowest BCUT2D eigenvalue weighted by Crippen LogP contribution is -2.38. The van der Waals surface area contributed by atoms with Crippen LogP contribution in [0.4, 0.5) is 0 Å². The second-order valence-electron chi connectivity index (χ2n) is 5.44. The van der Waals surface area contributed by atoms with Crippen molar-refractivity contribution >= 4 is 11.6 Å². The Balaban J connectivity index is 2.77. The molecule has 18 heavy (non-hydrogen) atoms. The van der Waals surface area contributed by atoms with Gasteiger partial charge in [-0.1, -0.05) is 32.4 Å². The van der Waals surface area contributed by atoms with Crippen LogP contribution in [-0.2, 0) is 6.54 Å². The minimum atomic E-state index is 0.0736. The number of hydrogen-bond acceptors (Lipinski definition) is 3. The highest BCUT2D eigenvalue weighted by Gasteiger charge is 2.20. The van der Waals surface area contributed by atoms with E-state index in [1.165, 1.54) is 0 Å². The van der Waals surface area contributed by atoms with Crippen molar-refractivity contribution in [2.75, 3.05) is 19.6 Å². The normalized spacial score (nSPS) is 12.1. The van der Waals surface area contributed by atoms with Crippen LogP contribution >= 0.6 is 11.6 Å². The molecule has 1 rings (SSSR count). The van der Waals surface area contributed by atoms with Gasteiger partial charge in [0.05, 0.1) is 0 Å². The van der Waals surface area contributed by atoms with Gasteiger partial charge in [-0.15, -0.1) is 0 Å². The Labute approximate surface area is 115 Å². The first-order valence-electron chi connectivity index (χ1n) is 6.28. The molecule has 102 valence electrons. The van der Waals surface area contributed by atoms with Crippen LogP contribution in [0.1, 0.15) is 26.3 Å². The highest BCUT2D eigenvalue weighted by molar-refractivity contribution is 6.30. The third-order valence-corrected chi connectivity index (χ3v) is 3.32. The summed E-state index contributed by atoms with van der Waals surface area (Å²) >= 11 is 5.95. The van der Waals surface area contributed by atoms with Gasteiger partial charge in [0.15, 0.2) is 0 Å². The Bertz CT molecular complexity index is 393. The summed E-state index contributed by atoms with van der Waals surface area (Å²) in [5.74, 6) is 0.295. The fourth-order valence-corrected chi connectivity index (χ4v) is 2.07. The summed E-state index contributed by atoms with van der Waals surface area (Å²) in [6, 6.07) is 5.15. The summed E-state index contributed by atoms with van der Waals surface area (Å²) < 4.78 is 0. The van der Waals surface area contributed by atoms with E-state index in [0.717, 1.165) is 18.7 Å². The first-order chi connectivity index (χ1) is 8.38. The van der Waals surface area contributed by atoms with Gasteiger partial charge in [0.25, 0.3) is 0 Å². The Morgan fingerprint density at radius 2 is 2.06 bits per heavy atom. The minimum absolute atomic E-state index is 0.0736. The summed E-state index contributed by atoms with van der Waals surface area (Å²) in [5.41, 5.74) is 6.69. The van der Waals surface area contributed by atoms with E-state index in [-0.39, 0.29) is 5.41 Å². The third-order valence-electron chi connectivity index (χ3n) is 3.09. The predicted octanol–water partition coefficient (Wildman–Crippen LogP) is 2.85. The van der Waals surface area contributed by atoms with Gasteiger partial charge < -0.3 is 10.8 Å². The molecular formula is C14H23ClN2O. The standard InChI is InChI=1S/C14H23ClN2O/c1-4-17(10-14(2,3)9-16)8-11-7-12(15)5-6-13(11)18/h5-7,18H,4,8-10,16H2,1-3H3. The van der Waals surface area contributed by atoms with Crippen LogP contribution in [0.15, 0.2) is 18.2 Å². The lowest BCUT2D eigenvalue weighted by molar-refractivity contribution is 0.182. The molecule has 0 bridgehead atoms. The van der Waals surface area contributed by atoms with Gasteiger partial charge in [0, 0.05) is 23.7 Å². The molecule has 4 heteroatoms.